The first kappa shape index (κ1) is 19.6. The van der Waals surface area contributed by atoms with E-state index in [4.69, 9.17) is 0 Å². The van der Waals surface area contributed by atoms with E-state index in [-0.39, 0.29) is 0 Å². The number of likely N-dealkylation sites (tertiary alicyclic amines) is 1. The third-order valence-corrected chi connectivity index (χ3v) is 6.27. The summed E-state index contributed by atoms with van der Waals surface area (Å²) in [5, 5.41) is 10.1. The number of nitrogens with zero attached hydrogens (tertiary/aromatic N) is 4. The predicted octanol–water partition coefficient (Wildman–Crippen LogP) is 2.63. The molecule has 8 nitrogen and oxygen atoms in total. The molecule has 1 fully saturated rings. The number of imide groups is 1. The standard InChI is InChI=1S/C23H26N6O2/c1-27-11-6-10-20(27)17-9-5-12-28(13-17)21-18-14-29(15-19(18)25-26-21)23(31)24-22(30)16-7-3-2-4-8-16/h2-5,7-9,13,20H,6,10-12,14-15H2,1H3,(H,25,26)(H,24,30,31). The van der Waals surface area contributed by atoms with Gasteiger partial charge in [0.25, 0.3) is 5.91 Å². The lowest BCUT2D eigenvalue weighted by Gasteiger charge is -2.27. The van der Waals surface area contributed by atoms with E-state index in [2.05, 4.69) is 50.7 Å². The number of fused-ring (bicyclic) bond motifs is 1. The van der Waals surface area contributed by atoms with Gasteiger partial charge in [0, 0.05) is 29.9 Å². The minimum atomic E-state index is -0.397. The van der Waals surface area contributed by atoms with E-state index in [1.165, 1.54) is 18.4 Å². The van der Waals surface area contributed by atoms with Crippen molar-refractivity contribution in [3.63, 3.8) is 0 Å². The summed E-state index contributed by atoms with van der Waals surface area (Å²) in [5.41, 5.74) is 3.68. The zero-order valence-electron chi connectivity index (χ0n) is 17.5. The summed E-state index contributed by atoms with van der Waals surface area (Å²) < 4.78 is 0. The van der Waals surface area contributed by atoms with Crippen molar-refractivity contribution < 1.29 is 9.59 Å². The Morgan fingerprint density at radius 2 is 2.03 bits per heavy atom. The van der Waals surface area contributed by atoms with Crippen molar-refractivity contribution in [3.8, 4) is 0 Å². The van der Waals surface area contributed by atoms with Crippen LogP contribution in [0.15, 0.2) is 54.3 Å². The molecule has 31 heavy (non-hydrogen) atoms. The van der Waals surface area contributed by atoms with Gasteiger partial charge in [0.1, 0.15) is 0 Å². The number of carbonyl (C=O) groups is 2. The number of nitrogens with one attached hydrogen (secondary N) is 2. The SMILES string of the molecule is CN1CCCC1C1=CN(c2n[nH]c3c2CN(C(=O)NC(=O)c2ccccc2)C3)CC=C1. The molecule has 0 radical (unpaired) electrons. The van der Waals surface area contributed by atoms with E-state index in [1.54, 1.807) is 29.2 Å². The molecule has 1 saturated heterocycles. The number of hydrogen-bond donors (Lipinski definition) is 2. The number of likely N-dealkylation sites (N-methyl/N-ethyl adjacent to an activating group) is 1. The van der Waals surface area contributed by atoms with Crippen molar-refractivity contribution in [1.29, 1.82) is 0 Å². The molecule has 8 heteroatoms. The Kier molecular flexibility index (Phi) is 5.07. The van der Waals surface area contributed by atoms with Crippen LogP contribution in [0.2, 0.25) is 0 Å². The number of amides is 3. The van der Waals surface area contributed by atoms with Crippen LogP contribution in [0.1, 0.15) is 34.5 Å². The van der Waals surface area contributed by atoms with Gasteiger partial charge in [-0.15, -0.1) is 0 Å². The van der Waals surface area contributed by atoms with Crippen molar-refractivity contribution >= 4 is 17.8 Å². The largest absolute Gasteiger partial charge is 0.327 e. The molecular formula is C23H26N6O2. The molecule has 4 heterocycles. The summed E-state index contributed by atoms with van der Waals surface area (Å²) in [4.78, 5) is 31.1. The van der Waals surface area contributed by atoms with Crippen molar-refractivity contribution in [2.24, 2.45) is 0 Å². The van der Waals surface area contributed by atoms with Gasteiger partial charge in [0.05, 0.1) is 18.8 Å². The Hall–Kier alpha value is -3.39. The van der Waals surface area contributed by atoms with Gasteiger partial charge >= 0.3 is 6.03 Å². The third-order valence-electron chi connectivity index (χ3n) is 6.27. The minimum absolute atomic E-state index is 0.395. The van der Waals surface area contributed by atoms with Crippen molar-refractivity contribution in [2.45, 2.75) is 32.0 Å². The van der Waals surface area contributed by atoms with Crippen LogP contribution in [0.3, 0.4) is 0 Å². The average Bonchev–Trinajstić information content (AvgIpc) is 3.50. The van der Waals surface area contributed by atoms with Crippen LogP contribution in [-0.2, 0) is 13.1 Å². The second-order valence-corrected chi connectivity index (χ2v) is 8.31. The summed E-state index contributed by atoms with van der Waals surface area (Å²) >= 11 is 0. The highest BCUT2D eigenvalue weighted by atomic mass is 16.2. The normalized spacial score (nSPS) is 20.7. The third kappa shape index (κ3) is 3.74. The number of hydrogen-bond acceptors (Lipinski definition) is 5. The van der Waals surface area contributed by atoms with Gasteiger partial charge in [-0.1, -0.05) is 30.4 Å². The second-order valence-electron chi connectivity index (χ2n) is 8.31. The molecule has 0 saturated carbocycles. The van der Waals surface area contributed by atoms with E-state index in [9.17, 15) is 9.59 Å². The number of benzene rings is 1. The highest BCUT2D eigenvalue weighted by Crippen LogP contribution is 2.32. The highest BCUT2D eigenvalue weighted by Gasteiger charge is 2.32. The molecule has 5 rings (SSSR count). The van der Waals surface area contributed by atoms with Gasteiger partial charge in [-0.3, -0.25) is 20.1 Å². The number of urea groups is 1. The van der Waals surface area contributed by atoms with E-state index < -0.39 is 11.9 Å². The molecular weight excluding hydrogens is 392 g/mol. The first-order valence-electron chi connectivity index (χ1n) is 10.7. The monoisotopic (exact) mass is 418 g/mol. The Morgan fingerprint density at radius 1 is 1.19 bits per heavy atom. The Balaban J connectivity index is 1.28. The van der Waals surface area contributed by atoms with Crippen molar-refractivity contribution in [1.82, 2.24) is 25.3 Å². The van der Waals surface area contributed by atoms with Gasteiger partial charge in [0.15, 0.2) is 5.82 Å². The topological polar surface area (TPSA) is 84.6 Å². The van der Waals surface area contributed by atoms with Crippen molar-refractivity contribution in [2.75, 3.05) is 25.0 Å². The Morgan fingerprint density at radius 3 is 2.81 bits per heavy atom. The van der Waals surface area contributed by atoms with Crippen LogP contribution in [0.5, 0.6) is 0 Å². The molecule has 0 aliphatic carbocycles. The molecule has 160 valence electrons. The predicted molar refractivity (Wildman–Crippen MR) is 117 cm³/mol. The number of anilines is 1. The number of carbonyl (C=O) groups excluding carboxylic acids is 2. The van der Waals surface area contributed by atoms with Crippen molar-refractivity contribution in [3.05, 3.63) is 71.1 Å². The highest BCUT2D eigenvalue weighted by molar-refractivity contribution is 6.04. The van der Waals surface area contributed by atoms with Crippen LogP contribution in [0.25, 0.3) is 0 Å². The quantitative estimate of drug-likeness (QED) is 0.801. The Labute approximate surface area is 181 Å². The summed E-state index contributed by atoms with van der Waals surface area (Å²) in [7, 11) is 2.17. The lowest BCUT2D eigenvalue weighted by Crippen LogP contribution is -2.40. The van der Waals surface area contributed by atoms with E-state index in [1.807, 2.05) is 6.07 Å². The van der Waals surface area contributed by atoms with Crippen LogP contribution >= 0.6 is 0 Å². The lowest BCUT2D eigenvalue weighted by atomic mass is 10.0. The van der Waals surface area contributed by atoms with Gasteiger partial charge in [-0.05, 0) is 44.1 Å². The maximum absolute atomic E-state index is 12.7. The van der Waals surface area contributed by atoms with Gasteiger partial charge in [-0.2, -0.15) is 5.10 Å². The van der Waals surface area contributed by atoms with Crippen LogP contribution in [-0.4, -0.2) is 58.1 Å². The maximum Gasteiger partial charge on any atom is 0.324 e. The molecule has 3 aliphatic rings. The summed E-state index contributed by atoms with van der Waals surface area (Å²) in [6.45, 7) is 2.69. The summed E-state index contributed by atoms with van der Waals surface area (Å²) in [6, 6.07) is 8.80. The molecule has 3 aliphatic heterocycles. The Bertz CT molecular complexity index is 1060. The fourth-order valence-corrected chi connectivity index (χ4v) is 4.60. The number of aromatic nitrogens is 2. The number of H-pyrrole nitrogens is 1. The van der Waals surface area contributed by atoms with E-state index >= 15 is 0 Å². The molecule has 0 bridgehead atoms. The van der Waals surface area contributed by atoms with Gasteiger partial charge in [-0.25, -0.2) is 4.79 Å². The summed E-state index contributed by atoms with van der Waals surface area (Å²) in [5.74, 6) is 0.455. The maximum atomic E-state index is 12.7. The van der Waals surface area contributed by atoms with Crippen LogP contribution in [0.4, 0.5) is 10.6 Å². The molecule has 3 amide bonds. The molecule has 2 N–H and O–H groups in total. The van der Waals surface area contributed by atoms with Crippen LogP contribution < -0.4 is 10.2 Å². The average molecular weight is 419 g/mol. The van der Waals surface area contributed by atoms with Gasteiger partial charge < -0.3 is 9.80 Å². The second kappa shape index (κ2) is 8.03. The molecule has 1 aromatic carbocycles. The minimum Gasteiger partial charge on any atom is -0.327 e. The molecule has 1 aromatic heterocycles. The first-order chi connectivity index (χ1) is 15.1. The first-order valence-corrected chi connectivity index (χ1v) is 10.7. The number of rotatable bonds is 3. The van der Waals surface area contributed by atoms with E-state index in [0.29, 0.717) is 24.7 Å². The smallest absolute Gasteiger partial charge is 0.324 e. The number of aromatic amines is 1. The zero-order chi connectivity index (χ0) is 21.4. The molecule has 0 spiro atoms. The molecule has 2 aromatic rings. The fraction of sp³-hybridized carbons (Fsp3) is 0.348. The summed E-state index contributed by atoms with van der Waals surface area (Å²) in [6.07, 6.45) is 8.95. The van der Waals surface area contributed by atoms with Gasteiger partial charge in [0.2, 0.25) is 0 Å². The fourth-order valence-electron chi connectivity index (χ4n) is 4.60. The zero-order valence-corrected chi connectivity index (χ0v) is 17.5. The molecule has 1 atom stereocenters. The van der Waals surface area contributed by atoms with E-state index in [0.717, 1.165) is 30.2 Å². The van der Waals surface area contributed by atoms with Crippen LogP contribution in [0, 0.1) is 0 Å². The lowest BCUT2D eigenvalue weighted by molar-refractivity contribution is 0.0951. The molecule has 1 unspecified atom stereocenters.